The molecule has 0 aliphatic carbocycles. The van der Waals surface area contributed by atoms with Gasteiger partial charge in [-0.2, -0.15) is 0 Å². The van der Waals surface area contributed by atoms with Gasteiger partial charge < -0.3 is 9.84 Å². The second-order valence-electron chi connectivity index (χ2n) is 6.19. The van der Waals surface area contributed by atoms with Crippen LogP contribution in [0.2, 0.25) is 5.02 Å². The molecule has 2 saturated heterocycles. The Bertz CT molecular complexity index is 523. The van der Waals surface area contributed by atoms with Crippen LogP contribution in [0.15, 0.2) is 12.1 Å². The van der Waals surface area contributed by atoms with Crippen LogP contribution >= 0.6 is 11.6 Å². The molecule has 2 aliphatic rings. The van der Waals surface area contributed by atoms with E-state index in [9.17, 15) is 5.11 Å². The molecule has 1 aromatic carbocycles. The Balaban J connectivity index is 1.78. The van der Waals surface area contributed by atoms with Gasteiger partial charge in [-0.3, -0.25) is 9.80 Å². The summed E-state index contributed by atoms with van der Waals surface area (Å²) in [5.74, 6) is 0.660. The summed E-state index contributed by atoms with van der Waals surface area (Å²) < 4.78 is 5.19. The smallest absolute Gasteiger partial charge is 0.162 e. The highest BCUT2D eigenvalue weighted by atomic mass is 35.5. The fourth-order valence-electron chi connectivity index (χ4n) is 3.59. The maximum Gasteiger partial charge on any atom is 0.162 e. The summed E-state index contributed by atoms with van der Waals surface area (Å²) in [5, 5.41) is 10.9. The van der Waals surface area contributed by atoms with Crippen molar-refractivity contribution < 1.29 is 9.84 Å². The van der Waals surface area contributed by atoms with E-state index in [0.29, 0.717) is 29.4 Å². The van der Waals surface area contributed by atoms with E-state index in [-0.39, 0.29) is 5.75 Å². The Hall–Kier alpha value is -0.970. The number of rotatable bonds is 3. The number of methoxy groups -OCH3 is 1. The average molecular weight is 311 g/mol. The van der Waals surface area contributed by atoms with Gasteiger partial charge in [0, 0.05) is 48.4 Å². The van der Waals surface area contributed by atoms with Crippen molar-refractivity contribution >= 4 is 11.6 Å². The van der Waals surface area contributed by atoms with E-state index < -0.39 is 0 Å². The minimum atomic E-state index is 0.211. The van der Waals surface area contributed by atoms with Gasteiger partial charge in [-0.25, -0.2) is 0 Å². The maximum absolute atomic E-state index is 10.3. The molecule has 116 valence electrons. The zero-order chi connectivity index (χ0) is 15.0. The van der Waals surface area contributed by atoms with Gasteiger partial charge in [0.25, 0.3) is 0 Å². The Labute approximate surface area is 131 Å². The molecule has 0 spiro atoms. The van der Waals surface area contributed by atoms with Crippen molar-refractivity contribution in [1.82, 2.24) is 9.80 Å². The van der Waals surface area contributed by atoms with E-state index in [4.69, 9.17) is 16.3 Å². The Kier molecular flexibility index (Phi) is 4.29. The summed E-state index contributed by atoms with van der Waals surface area (Å²) in [6.45, 7) is 6.39. The van der Waals surface area contributed by atoms with Crippen LogP contribution in [0.25, 0.3) is 0 Å². The van der Waals surface area contributed by atoms with Crippen molar-refractivity contribution in [2.24, 2.45) is 0 Å². The second kappa shape index (κ2) is 6.03. The predicted octanol–water partition coefficient (Wildman–Crippen LogP) is 2.72. The maximum atomic E-state index is 10.3. The first kappa shape index (κ1) is 14.9. The summed E-state index contributed by atoms with van der Waals surface area (Å²) in [6.07, 6.45) is 2.59. The first-order chi connectivity index (χ1) is 10.1. The third-order valence-corrected chi connectivity index (χ3v) is 5.00. The predicted molar refractivity (Wildman–Crippen MR) is 84.1 cm³/mol. The number of phenolic OH excluding ortho intramolecular Hbond substituents is 1. The number of piperazine rings is 1. The highest BCUT2D eigenvalue weighted by Gasteiger charge is 2.34. The molecule has 0 saturated carbocycles. The number of hydrogen-bond acceptors (Lipinski definition) is 4. The molecule has 0 aromatic heterocycles. The number of fused-ring (bicyclic) bond motifs is 1. The molecule has 2 unspecified atom stereocenters. The monoisotopic (exact) mass is 310 g/mol. The number of benzene rings is 1. The molecule has 2 atom stereocenters. The van der Waals surface area contributed by atoms with E-state index in [0.717, 1.165) is 18.7 Å². The van der Waals surface area contributed by atoms with Crippen LogP contribution in [0, 0.1) is 0 Å². The number of aromatic hydroxyl groups is 1. The molecule has 0 amide bonds. The summed E-state index contributed by atoms with van der Waals surface area (Å²) in [6, 6.07) is 4.65. The van der Waals surface area contributed by atoms with Crippen LogP contribution in [0.4, 0.5) is 0 Å². The minimum absolute atomic E-state index is 0.211. The normalized spacial score (nSPS) is 26.8. The first-order valence-electron chi connectivity index (χ1n) is 7.62. The highest BCUT2D eigenvalue weighted by molar-refractivity contribution is 6.30. The number of halogens is 1. The van der Waals surface area contributed by atoms with Crippen molar-refractivity contribution in [1.29, 1.82) is 0 Å². The van der Waals surface area contributed by atoms with Crippen LogP contribution in [-0.4, -0.2) is 53.7 Å². The quantitative estimate of drug-likeness (QED) is 0.931. The molecule has 5 heteroatoms. The molecule has 2 aliphatic heterocycles. The molecule has 1 N–H and O–H groups in total. The highest BCUT2D eigenvalue weighted by Crippen LogP contribution is 2.35. The molecular formula is C16H23ClN2O2. The first-order valence-corrected chi connectivity index (χ1v) is 7.99. The molecular weight excluding hydrogens is 288 g/mol. The van der Waals surface area contributed by atoms with E-state index in [1.54, 1.807) is 13.2 Å². The van der Waals surface area contributed by atoms with Crippen molar-refractivity contribution in [2.75, 3.05) is 26.7 Å². The Morgan fingerprint density at radius 1 is 1.38 bits per heavy atom. The molecule has 4 nitrogen and oxygen atoms in total. The lowest BCUT2D eigenvalue weighted by atomic mass is 10.1. The average Bonchev–Trinajstić information content (AvgIpc) is 2.89. The van der Waals surface area contributed by atoms with Gasteiger partial charge in [-0.15, -0.1) is 0 Å². The third-order valence-electron chi connectivity index (χ3n) is 4.78. The summed E-state index contributed by atoms with van der Waals surface area (Å²) in [5.41, 5.74) is 0.845. The van der Waals surface area contributed by atoms with Gasteiger partial charge in [0.1, 0.15) is 0 Å². The fourth-order valence-corrected chi connectivity index (χ4v) is 3.82. The van der Waals surface area contributed by atoms with Crippen molar-refractivity contribution in [3.05, 3.63) is 22.7 Å². The van der Waals surface area contributed by atoms with Gasteiger partial charge in [0.05, 0.1) is 7.11 Å². The van der Waals surface area contributed by atoms with Crippen LogP contribution in [-0.2, 0) is 6.54 Å². The lowest BCUT2D eigenvalue weighted by Gasteiger charge is -2.42. The topological polar surface area (TPSA) is 35.9 Å². The van der Waals surface area contributed by atoms with Gasteiger partial charge in [-0.1, -0.05) is 11.6 Å². The molecule has 2 heterocycles. The van der Waals surface area contributed by atoms with E-state index in [2.05, 4.69) is 16.7 Å². The van der Waals surface area contributed by atoms with Gasteiger partial charge in [-0.05, 0) is 32.4 Å². The van der Waals surface area contributed by atoms with Crippen LogP contribution in [0.1, 0.15) is 25.3 Å². The zero-order valence-corrected chi connectivity index (χ0v) is 13.4. The Morgan fingerprint density at radius 2 is 2.19 bits per heavy atom. The molecule has 2 fully saturated rings. The third kappa shape index (κ3) is 2.98. The number of nitrogens with zero attached hydrogens (tertiary/aromatic N) is 2. The molecule has 1 aromatic rings. The summed E-state index contributed by atoms with van der Waals surface area (Å²) >= 11 is 6.13. The summed E-state index contributed by atoms with van der Waals surface area (Å²) in [7, 11) is 1.55. The van der Waals surface area contributed by atoms with Crippen LogP contribution in [0.5, 0.6) is 11.5 Å². The van der Waals surface area contributed by atoms with Crippen LogP contribution in [0.3, 0.4) is 0 Å². The largest absolute Gasteiger partial charge is 0.504 e. The second-order valence-corrected chi connectivity index (χ2v) is 6.62. The molecule has 0 radical (unpaired) electrons. The Morgan fingerprint density at radius 3 is 2.95 bits per heavy atom. The fraction of sp³-hybridized carbons (Fsp3) is 0.625. The lowest BCUT2D eigenvalue weighted by Crippen LogP contribution is -2.54. The zero-order valence-electron chi connectivity index (χ0n) is 12.7. The van der Waals surface area contributed by atoms with Gasteiger partial charge >= 0.3 is 0 Å². The number of ether oxygens (including phenoxy) is 1. The van der Waals surface area contributed by atoms with Crippen molar-refractivity contribution in [2.45, 2.75) is 38.4 Å². The lowest BCUT2D eigenvalue weighted by molar-refractivity contribution is 0.0535. The SMILES string of the molecule is COc1cc(Cl)cc(CN2CC3CCCN3CC2C)c1O. The number of phenols is 1. The molecule has 21 heavy (non-hydrogen) atoms. The van der Waals surface area contributed by atoms with Crippen molar-refractivity contribution in [3.63, 3.8) is 0 Å². The number of hydrogen-bond donors (Lipinski definition) is 1. The van der Waals surface area contributed by atoms with E-state index in [1.165, 1.54) is 19.4 Å². The van der Waals surface area contributed by atoms with Gasteiger partial charge in [0.2, 0.25) is 0 Å². The van der Waals surface area contributed by atoms with Gasteiger partial charge in [0.15, 0.2) is 11.5 Å². The standard InChI is InChI=1S/C16H23ClN2O2/c1-11-8-18-5-3-4-14(18)10-19(11)9-12-6-13(17)7-15(21-2)16(12)20/h6-7,11,14,20H,3-5,8-10H2,1-2H3. The van der Waals surface area contributed by atoms with E-state index >= 15 is 0 Å². The summed E-state index contributed by atoms with van der Waals surface area (Å²) in [4.78, 5) is 5.04. The molecule has 0 bridgehead atoms. The van der Waals surface area contributed by atoms with Crippen molar-refractivity contribution in [3.8, 4) is 11.5 Å². The van der Waals surface area contributed by atoms with Crippen LogP contribution < -0.4 is 4.74 Å². The van der Waals surface area contributed by atoms with E-state index in [1.807, 2.05) is 6.07 Å². The minimum Gasteiger partial charge on any atom is -0.504 e. The molecule has 3 rings (SSSR count).